The molecule has 3 atom stereocenters. The molecule has 2 nitrogen and oxygen atoms in total. The van der Waals surface area contributed by atoms with E-state index >= 15 is 0 Å². The molecule has 0 aromatic heterocycles. The van der Waals surface area contributed by atoms with E-state index in [0.29, 0.717) is 17.9 Å². The second kappa shape index (κ2) is 4.96. The normalized spacial score (nSPS) is 37.6. The fourth-order valence-electron chi connectivity index (χ4n) is 4.78. The van der Waals surface area contributed by atoms with Gasteiger partial charge in [-0.25, -0.2) is 0 Å². The lowest BCUT2D eigenvalue weighted by molar-refractivity contribution is -0.146. The van der Waals surface area contributed by atoms with E-state index in [0.717, 1.165) is 12.3 Å². The van der Waals surface area contributed by atoms with Crippen LogP contribution in [0.3, 0.4) is 0 Å². The Morgan fingerprint density at radius 1 is 1.37 bits per heavy atom. The van der Waals surface area contributed by atoms with Crippen LogP contribution in [0.2, 0.25) is 0 Å². The van der Waals surface area contributed by atoms with Crippen molar-refractivity contribution in [1.29, 1.82) is 0 Å². The first-order chi connectivity index (χ1) is 8.77. The summed E-state index contributed by atoms with van der Waals surface area (Å²) in [7, 11) is 0. The number of carbonyl (C=O) groups excluding carboxylic acids is 1. The average molecular weight is 264 g/mol. The third kappa shape index (κ3) is 2.59. The monoisotopic (exact) mass is 264 g/mol. The Morgan fingerprint density at radius 2 is 2.05 bits per heavy atom. The Hall–Kier alpha value is -0.790. The van der Waals surface area contributed by atoms with Crippen molar-refractivity contribution >= 4 is 5.97 Å². The van der Waals surface area contributed by atoms with Gasteiger partial charge in [0, 0.05) is 12.8 Å². The maximum atomic E-state index is 11.1. The minimum Gasteiger partial charge on any atom is -0.465 e. The van der Waals surface area contributed by atoms with Crippen LogP contribution in [-0.4, -0.2) is 12.6 Å². The van der Waals surface area contributed by atoms with Crippen molar-refractivity contribution in [1.82, 2.24) is 0 Å². The van der Waals surface area contributed by atoms with Crippen molar-refractivity contribution in [2.75, 3.05) is 6.61 Å². The third-order valence-corrected chi connectivity index (χ3v) is 5.77. The van der Waals surface area contributed by atoms with Crippen molar-refractivity contribution in [2.45, 2.75) is 59.8 Å². The first-order valence-corrected chi connectivity index (χ1v) is 7.58. The second-order valence-electron chi connectivity index (χ2n) is 7.45. The van der Waals surface area contributed by atoms with Crippen LogP contribution >= 0.6 is 0 Å². The average Bonchev–Trinajstić information content (AvgIpc) is 2.26. The van der Waals surface area contributed by atoms with Crippen molar-refractivity contribution in [3.8, 4) is 0 Å². The van der Waals surface area contributed by atoms with E-state index in [1.165, 1.54) is 38.2 Å². The Bertz CT molecular complexity index is 383. The Balaban J connectivity index is 2.24. The topological polar surface area (TPSA) is 26.3 Å². The van der Waals surface area contributed by atoms with E-state index in [9.17, 15) is 4.79 Å². The summed E-state index contributed by atoms with van der Waals surface area (Å²) in [5.41, 5.74) is 1.95. The Labute approximate surface area is 117 Å². The lowest BCUT2D eigenvalue weighted by Gasteiger charge is -2.57. The van der Waals surface area contributed by atoms with Gasteiger partial charge in [0.05, 0.1) is 6.61 Å². The SMILES string of the molecule is C=C1CCC2C(C)(C)CCCC2(C)C1COC(C)=O. The molecule has 19 heavy (non-hydrogen) atoms. The number of carbonyl (C=O) groups is 1. The number of esters is 1. The Morgan fingerprint density at radius 3 is 2.68 bits per heavy atom. The van der Waals surface area contributed by atoms with Crippen molar-refractivity contribution in [3.63, 3.8) is 0 Å². The van der Waals surface area contributed by atoms with Gasteiger partial charge in [0.2, 0.25) is 0 Å². The number of fused-ring (bicyclic) bond motifs is 1. The first-order valence-electron chi connectivity index (χ1n) is 7.58. The van der Waals surface area contributed by atoms with Crippen molar-refractivity contribution in [2.24, 2.45) is 22.7 Å². The molecular formula is C17H28O2. The molecule has 2 aliphatic carbocycles. The lowest BCUT2D eigenvalue weighted by Crippen LogP contribution is -2.50. The van der Waals surface area contributed by atoms with Gasteiger partial charge in [0.25, 0.3) is 0 Å². The molecule has 0 bridgehead atoms. The predicted molar refractivity (Wildman–Crippen MR) is 77.7 cm³/mol. The van der Waals surface area contributed by atoms with Gasteiger partial charge in [-0.05, 0) is 42.4 Å². The molecule has 2 aliphatic rings. The van der Waals surface area contributed by atoms with Crippen LogP contribution in [0, 0.1) is 22.7 Å². The van der Waals surface area contributed by atoms with Crippen LogP contribution in [0.5, 0.6) is 0 Å². The summed E-state index contributed by atoms with van der Waals surface area (Å²) < 4.78 is 5.33. The second-order valence-corrected chi connectivity index (χ2v) is 7.45. The predicted octanol–water partition coefficient (Wildman–Crippen LogP) is 4.35. The maximum absolute atomic E-state index is 11.1. The molecule has 108 valence electrons. The van der Waals surface area contributed by atoms with E-state index < -0.39 is 0 Å². The van der Waals surface area contributed by atoms with Gasteiger partial charge in [-0.1, -0.05) is 39.3 Å². The molecule has 2 heteroatoms. The van der Waals surface area contributed by atoms with Crippen LogP contribution in [-0.2, 0) is 9.53 Å². The molecule has 0 saturated heterocycles. The first kappa shape index (κ1) is 14.6. The molecule has 3 unspecified atom stereocenters. The number of hydrogen-bond acceptors (Lipinski definition) is 2. The molecule has 0 aliphatic heterocycles. The Kier molecular flexibility index (Phi) is 3.81. The summed E-state index contributed by atoms with van der Waals surface area (Å²) in [4.78, 5) is 11.1. The van der Waals surface area contributed by atoms with E-state index in [2.05, 4.69) is 27.4 Å². The molecule has 0 spiro atoms. The van der Waals surface area contributed by atoms with Gasteiger partial charge in [-0.2, -0.15) is 0 Å². The highest BCUT2D eigenvalue weighted by atomic mass is 16.5. The fourth-order valence-corrected chi connectivity index (χ4v) is 4.78. The minimum atomic E-state index is -0.173. The zero-order valence-electron chi connectivity index (χ0n) is 12.9. The highest BCUT2D eigenvalue weighted by Gasteiger charge is 2.53. The number of rotatable bonds is 2. The molecule has 0 heterocycles. The van der Waals surface area contributed by atoms with Gasteiger partial charge >= 0.3 is 5.97 Å². The maximum Gasteiger partial charge on any atom is 0.302 e. The molecule has 0 radical (unpaired) electrons. The summed E-state index contributed by atoms with van der Waals surface area (Å²) >= 11 is 0. The highest BCUT2D eigenvalue weighted by Crippen LogP contribution is 2.60. The van der Waals surface area contributed by atoms with Gasteiger partial charge < -0.3 is 4.74 Å². The van der Waals surface area contributed by atoms with Crippen LogP contribution in [0.4, 0.5) is 0 Å². The number of ether oxygens (including phenoxy) is 1. The van der Waals surface area contributed by atoms with Crippen LogP contribution in [0.25, 0.3) is 0 Å². The fraction of sp³-hybridized carbons (Fsp3) is 0.824. The summed E-state index contributed by atoms with van der Waals surface area (Å²) in [6.45, 7) is 13.5. The van der Waals surface area contributed by atoms with Crippen LogP contribution < -0.4 is 0 Å². The summed E-state index contributed by atoms with van der Waals surface area (Å²) in [6.07, 6.45) is 6.18. The highest BCUT2D eigenvalue weighted by molar-refractivity contribution is 5.65. The molecular weight excluding hydrogens is 236 g/mol. The standard InChI is InChI=1S/C17H28O2/c1-12-7-8-15-16(3,4)9-6-10-17(15,5)14(12)11-19-13(2)18/h14-15H,1,6-11H2,2-5H3. The van der Waals surface area contributed by atoms with Crippen LogP contribution in [0.1, 0.15) is 59.8 Å². The van der Waals surface area contributed by atoms with Gasteiger partial charge in [0.1, 0.15) is 0 Å². The van der Waals surface area contributed by atoms with Gasteiger partial charge in [-0.15, -0.1) is 0 Å². The third-order valence-electron chi connectivity index (χ3n) is 5.77. The molecule has 0 amide bonds. The quantitative estimate of drug-likeness (QED) is 0.547. The molecule has 0 aromatic carbocycles. The largest absolute Gasteiger partial charge is 0.465 e. The zero-order valence-corrected chi connectivity index (χ0v) is 12.9. The molecule has 2 saturated carbocycles. The zero-order chi connectivity index (χ0) is 14.3. The van der Waals surface area contributed by atoms with E-state index in [-0.39, 0.29) is 11.4 Å². The number of hydrogen-bond donors (Lipinski definition) is 0. The molecule has 2 fully saturated rings. The summed E-state index contributed by atoms with van der Waals surface area (Å²) in [5, 5.41) is 0. The van der Waals surface area contributed by atoms with Gasteiger partial charge in [-0.3, -0.25) is 4.79 Å². The van der Waals surface area contributed by atoms with Crippen molar-refractivity contribution < 1.29 is 9.53 Å². The van der Waals surface area contributed by atoms with Gasteiger partial charge in [0.15, 0.2) is 0 Å². The minimum absolute atomic E-state index is 0.173. The van der Waals surface area contributed by atoms with Crippen LogP contribution in [0.15, 0.2) is 12.2 Å². The van der Waals surface area contributed by atoms with Crippen molar-refractivity contribution in [3.05, 3.63) is 12.2 Å². The summed E-state index contributed by atoms with van der Waals surface area (Å²) in [5.74, 6) is 0.892. The van der Waals surface area contributed by atoms with E-state index in [4.69, 9.17) is 4.74 Å². The molecule has 0 aromatic rings. The summed E-state index contributed by atoms with van der Waals surface area (Å²) in [6, 6.07) is 0. The van der Waals surface area contributed by atoms with E-state index in [1.54, 1.807) is 0 Å². The smallest absolute Gasteiger partial charge is 0.302 e. The molecule has 0 N–H and O–H groups in total. The molecule has 2 rings (SSSR count). The lowest BCUT2D eigenvalue weighted by atomic mass is 9.48. The van der Waals surface area contributed by atoms with E-state index in [1.807, 2.05) is 0 Å².